The van der Waals surface area contributed by atoms with Crippen molar-refractivity contribution in [3.8, 4) is 0 Å². The first kappa shape index (κ1) is 9.25. The maximum atomic E-state index is 9.58. The summed E-state index contributed by atoms with van der Waals surface area (Å²) in [6, 6.07) is 0. The molecule has 68 valence electrons. The molecular formula is C8H14N2O2. The number of rotatable bonds is 2. The molecule has 0 heterocycles. The Morgan fingerprint density at radius 2 is 2.42 bits per heavy atom. The lowest BCUT2D eigenvalue weighted by atomic mass is 10.0. The van der Waals surface area contributed by atoms with Gasteiger partial charge in [0.2, 0.25) is 0 Å². The standard InChI is InChI=1S/C8H14N2O2/c1-2-12-7-4-3-6(9)5-8(7,10)11/h3-5,7,11H,2,9-10H2,1H3. The van der Waals surface area contributed by atoms with Gasteiger partial charge in [0, 0.05) is 12.3 Å². The van der Waals surface area contributed by atoms with Crippen LogP contribution in [-0.4, -0.2) is 23.5 Å². The van der Waals surface area contributed by atoms with Gasteiger partial charge in [-0.1, -0.05) is 0 Å². The molecule has 1 aliphatic rings. The summed E-state index contributed by atoms with van der Waals surface area (Å²) in [4.78, 5) is 0. The van der Waals surface area contributed by atoms with Crippen LogP contribution in [0.5, 0.6) is 0 Å². The molecule has 0 spiro atoms. The first-order valence-electron chi connectivity index (χ1n) is 3.85. The van der Waals surface area contributed by atoms with E-state index in [0.717, 1.165) is 0 Å². The molecule has 1 aliphatic carbocycles. The first-order valence-corrected chi connectivity index (χ1v) is 3.85. The van der Waals surface area contributed by atoms with E-state index in [-0.39, 0.29) is 0 Å². The van der Waals surface area contributed by atoms with Gasteiger partial charge in [-0.2, -0.15) is 0 Å². The van der Waals surface area contributed by atoms with E-state index in [1.165, 1.54) is 6.08 Å². The maximum absolute atomic E-state index is 9.58. The Balaban J connectivity index is 2.74. The van der Waals surface area contributed by atoms with Crippen molar-refractivity contribution in [1.82, 2.24) is 0 Å². The van der Waals surface area contributed by atoms with Crippen molar-refractivity contribution in [3.63, 3.8) is 0 Å². The molecule has 0 bridgehead atoms. The van der Waals surface area contributed by atoms with Crippen LogP contribution in [0.1, 0.15) is 6.92 Å². The van der Waals surface area contributed by atoms with Crippen LogP contribution in [0, 0.1) is 0 Å². The van der Waals surface area contributed by atoms with Crippen LogP contribution in [0.3, 0.4) is 0 Å². The molecule has 0 saturated carbocycles. The van der Waals surface area contributed by atoms with E-state index >= 15 is 0 Å². The Labute approximate surface area is 71.5 Å². The molecule has 0 saturated heterocycles. The van der Waals surface area contributed by atoms with Crippen molar-refractivity contribution in [2.24, 2.45) is 11.5 Å². The zero-order valence-electron chi connectivity index (χ0n) is 7.03. The van der Waals surface area contributed by atoms with Gasteiger partial charge in [-0.05, 0) is 25.2 Å². The summed E-state index contributed by atoms with van der Waals surface area (Å²) in [5, 5.41) is 9.58. The van der Waals surface area contributed by atoms with E-state index in [9.17, 15) is 5.11 Å². The SMILES string of the molecule is CCOC1C=CC(N)=CC1(N)O. The predicted octanol–water partition coefficient (Wildman–Crippen LogP) is -0.549. The second kappa shape index (κ2) is 3.26. The van der Waals surface area contributed by atoms with Crippen LogP contribution in [0.2, 0.25) is 0 Å². The first-order chi connectivity index (χ1) is 5.56. The Morgan fingerprint density at radius 1 is 1.75 bits per heavy atom. The van der Waals surface area contributed by atoms with E-state index in [4.69, 9.17) is 16.2 Å². The lowest BCUT2D eigenvalue weighted by Crippen LogP contribution is -2.51. The summed E-state index contributed by atoms with van der Waals surface area (Å²) in [5.74, 6) is 0. The lowest BCUT2D eigenvalue weighted by Gasteiger charge is -2.30. The predicted molar refractivity (Wildman–Crippen MR) is 46.0 cm³/mol. The fourth-order valence-corrected chi connectivity index (χ4v) is 1.12. The number of ether oxygens (including phenoxy) is 1. The van der Waals surface area contributed by atoms with Crippen LogP contribution in [0.25, 0.3) is 0 Å². The van der Waals surface area contributed by atoms with E-state index in [2.05, 4.69) is 0 Å². The molecular weight excluding hydrogens is 156 g/mol. The lowest BCUT2D eigenvalue weighted by molar-refractivity contribution is -0.0507. The molecule has 0 radical (unpaired) electrons. The van der Waals surface area contributed by atoms with E-state index < -0.39 is 11.8 Å². The Hall–Kier alpha value is -0.840. The zero-order chi connectivity index (χ0) is 9.19. The molecule has 0 aliphatic heterocycles. The summed E-state index contributed by atoms with van der Waals surface area (Å²) in [6.45, 7) is 2.34. The summed E-state index contributed by atoms with van der Waals surface area (Å²) in [7, 11) is 0. The summed E-state index contributed by atoms with van der Waals surface area (Å²) < 4.78 is 5.18. The molecule has 4 nitrogen and oxygen atoms in total. The molecule has 5 N–H and O–H groups in total. The molecule has 12 heavy (non-hydrogen) atoms. The van der Waals surface area contributed by atoms with Gasteiger partial charge >= 0.3 is 0 Å². The van der Waals surface area contributed by atoms with Gasteiger partial charge in [0.25, 0.3) is 0 Å². The molecule has 4 heteroatoms. The van der Waals surface area contributed by atoms with Crippen LogP contribution in [0.15, 0.2) is 23.9 Å². The Bertz CT molecular complexity index is 221. The van der Waals surface area contributed by atoms with E-state index in [1.54, 1.807) is 12.2 Å². The highest BCUT2D eigenvalue weighted by Gasteiger charge is 2.31. The fraction of sp³-hybridized carbons (Fsp3) is 0.500. The molecule has 2 unspecified atom stereocenters. The van der Waals surface area contributed by atoms with Crippen LogP contribution >= 0.6 is 0 Å². The highest BCUT2D eigenvalue weighted by molar-refractivity contribution is 5.28. The molecule has 1 rings (SSSR count). The monoisotopic (exact) mass is 170 g/mol. The van der Waals surface area contributed by atoms with Crippen LogP contribution in [0.4, 0.5) is 0 Å². The van der Waals surface area contributed by atoms with Crippen molar-refractivity contribution in [2.45, 2.75) is 18.8 Å². The molecule has 0 fully saturated rings. The van der Waals surface area contributed by atoms with Gasteiger partial charge in [-0.3, -0.25) is 5.73 Å². The van der Waals surface area contributed by atoms with Gasteiger partial charge in [0.15, 0.2) is 5.72 Å². The normalized spacial score (nSPS) is 34.9. The molecule has 0 aromatic rings. The van der Waals surface area contributed by atoms with Gasteiger partial charge in [0.05, 0.1) is 0 Å². The number of nitrogens with two attached hydrogens (primary N) is 2. The highest BCUT2D eigenvalue weighted by Crippen LogP contribution is 2.17. The summed E-state index contributed by atoms with van der Waals surface area (Å²) in [6.07, 6.45) is 4.20. The van der Waals surface area contributed by atoms with Crippen molar-refractivity contribution < 1.29 is 9.84 Å². The average Bonchev–Trinajstić information content (AvgIpc) is 1.94. The Kier molecular flexibility index (Phi) is 2.52. The number of allylic oxidation sites excluding steroid dienone is 1. The smallest absolute Gasteiger partial charge is 0.165 e. The molecule has 0 aromatic carbocycles. The minimum absolute atomic E-state index is 0.455. The van der Waals surface area contributed by atoms with Gasteiger partial charge in [-0.25, -0.2) is 0 Å². The van der Waals surface area contributed by atoms with Crippen molar-refractivity contribution in [3.05, 3.63) is 23.9 Å². The van der Waals surface area contributed by atoms with E-state index in [1.807, 2.05) is 6.92 Å². The van der Waals surface area contributed by atoms with Gasteiger partial charge < -0.3 is 15.6 Å². The fourth-order valence-electron chi connectivity index (χ4n) is 1.12. The van der Waals surface area contributed by atoms with Crippen LogP contribution < -0.4 is 11.5 Å². The second-order valence-corrected chi connectivity index (χ2v) is 2.77. The van der Waals surface area contributed by atoms with Gasteiger partial charge in [-0.15, -0.1) is 0 Å². The largest absolute Gasteiger partial charge is 0.399 e. The summed E-state index contributed by atoms with van der Waals surface area (Å²) >= 11 is 0. The third kappa shape index (κ3) is 1.85. The number of hydrogen-bond donors (Lipinski definition) is 3. The zero-order valence-corrected chi connectivity index (χ0v) is 7.03. The highest BCUT2D eigenvalue weighted by atomic mass is 16.5. The Morgan fingerprint density at radius 3 is 2.92 bits per heavy atom. The molecule has 0 amide bonds. The van der Waals surface area contributed by atoms with E-state index in [0.29, 0.717) is 12.3 Å². The van der Waals surface area contributed by atoms with Crippen molar-refractivity contribution in [1.29, 1.82) is 0 Å². The van der Waals surface area contributed by atoms with Gasteiger partial charge in [0.1, 0.15) is 6.10 Å². The minimum Gasteiger partial charge on any atom is -0.399 e. The molecule has 0 aromatic heterocycles. The maximum Gasteiger partial charge on any atom is 0.165 e. The minimum atomic E-state index is -1.48. The number of hydrogen-bond acceptors (Lipinski definition) is 4. The van der Waals surface area contributed by atoms with Crippen molar-refractivity contribution >= 4 is 0 Å². The second-order valence-electron chi connectivity index (χ2n) is 2.77. The topological polar surface area (TPSA) is 81.5 Å². The van der Waals surface area contributed by atoms with Crippen molar-refractivity contribution in [2.75, 3.05) is 6.61 Å². The third-order valence-corrected chi connectivity index (χ3v) is 1.66. The third-order valence-electron chi connectivity index (χ3n) is 1.66. The average molecular weight is 170 g/mol. The number of aliphatic hydroxyl groups is 1. The van der Waals surface area contributed by atoms with Crippen LogP contribution in [-0.2, 0) is 4.74 Å². The quantitative estimate of drug-likeness (QED) is 0.486. The summed E-state index contributed by atoms with van der Waals surface area (Å²) in [5.41, 5.74) is 9.95. The molecule has 2 atom stereocenters.